The first kappa shape index (κ1) is 12.4. The first-order valence-electron chi connectivity index (χ1n) is 6.86. The lowest BCUT2D eigenvalue weighted by Crippen LogP contribution is -2.48. The summed E-state index contributed by atoms with van der Waals surface area (Å²) in [5.41, 5.74) is 1.18. The molecule has 1 N–H and O–H groups in total. The van der Waals surface area contributed by atoms with E-state index in [0.717, 1.165) is 32.0 Å². The molecule has 100 valence electrons. The van der Waals surface area contributed by atoms with Gasteiger partial charge in [-0.3, -0.25) is 4.90 Å². The summed E-state index contributed by atoms with van der Waals surface area (Å²) in [5, 5.41) is 3.47. The Balaban J connectivity index is 1.77. The number of piperazine rings is 1. The number of nitrogens with zero attached hydrogens (tertiary/aromatic N) is 3. The Morgan fingerprint density at radius 1 is 1.32 bits per heavy atom. The number of hydrogen-bond donors (Lipinski definition) is 1. The van der Waals surface area contributed by atoms with E-state index in [2.05, 4.69) is 51.0 Å². The second-order valence-electron chi connectivity index (χ2n) is 5.14. The third-order valence-electron chi connectivity index (χ3n) is 3.57. The molecule has 1 aromatic heterocycles. The van der Waals surface area contributed by atoms with Crippen molar-refractivity contribution in [1.82, 2.24) is 19.8 Å². The van der Waals surface area contributed by atoms with Crippen molar-refractivity contribution < 1.29 is 0 Å². The molecule has 1 fully saturated rings. The summed E-state index contributed by atoms with van der Waals surface area (Å²) in [6, 6.07) is 11.0. The fourth-order valence-corrected chi connectivity index (χ4v) is 2.63. The van der Waals surface area contributed by atoms with Crippen LogP contribution < -0.4 is 5.32 Å². The average molecular weight is 256 g/mol. The van der Waals surface area contributed by atoms with E-state index in [9.17, 15) is 0 Å². The summed E-state index contributed by atoms with van der Waals surface area (Å²) in [6.45, 7) is 6.38. The number of nitrogens with one attached hydrogen (secondary N) is 1. The van der Waals surface area contributed by atoms with E-state index < -0.39 is 0 Å². The molecule has 0 amide bonds. The largest absolute Gasteiger partial charge is 0.312 e. The van der Waals surface area contributed by atoms with Crippen molar-refractivity contribution in [2.24, 2.45) is 0 Å². The third kappa shape index (κ3) is 2.85. The molecule has 0 unspecified atom stereocenters. The number of benzene rings is 1. The van der Waals surface area contributed by atoms with Crippen LogP contribution in [-0.4, -0.2) is 40.1 Å². The van der Waals surface area contributed by atoms with Crippen molar-refractivity contribution in [3.63, 3.8) is 0 Å². The molecule has 0 bridgehead atoms. The summed E-state index contributed by atoms with van der Waals surface area (Å²) in [5.74, 6) is 1.11. The predicted octanol–water partition coefficient (Wildman–Crippen LogP) is 1.67. The monoisotopic (exact) mass is 256 g/mol. The van der Waals surface area contributed by atoms with Crippen molar-refractivity contribution in [2.45, 2.75) is 19.5 Å². The van der Waals surface area contributed by atoms with Gasteiger partial charge in [0.1, 0.15) is 5.82 Å². The van der Waals surface area contributed by atoms with Crippen LogP contribution in [0.3, 0.4) is 0 Å². The van der Waals surface area contributed by atoms with E-state index in [1.54, 1.807) is 0 Å². The minimum atomic E-state index is 0.564. The van der Waals surface area contributed by atoms with Gasteiger partial charge in [0.05, 0.1) is 6.54 Å². The molecule has 1 saturated heterocycles. The van der Waals surface area contributed by atoms with E-state index in [4.69, 9.17) is 0 Å². The zero-order chi connectivity index (χ0) is 13.1. The number of aromatic nitrogens is 2. The molecule has 19 heavy (non-hydrogen) atoms. The van der Waals surface area contributed by atoms with Gasteiger partial charge in [-0.2, -0.15) is 0 Å². The van der Waals surface area contributed by atoms with Crippen molar-refractivity contribution in [3.8, 4) is 5.69 Å². The molecule has 0 aliphatic carbocycles. The Morgan fingerprint density at radius 2 is 2.16 bits per heavy atom. The van der Waals surface area contributed by atoms with Crippen LogP contribution in [0.4, 0.5) is 0 Å². The van der Waals surface area contributed by atoms with Gasteiger partial charge in [0.2, 0.25) is 0 Å². The normalized spacial score (nSPS) is 20.6. The third-order valence-corrected chi connectivity index (χ3v) is 3.57. The first-order valence-corrected chi connectivity index (χ1v) is 6.86. The van der Waals surface area contributed by atoms with Gasteiger partial charge in [-0.1, -0.05) is 18.2 Å². The van der Waals surface area contributed by atoms with Crippen LogP contribution in [0.2, 0.25) is 0 Å². The number of imidazole rings is 1. The summed E-state index contributed by atoms with van der Waals surface area (Å²) >= 11 is 0. The van der Waals surface area contributed by atoms with E-state index in [1.165, 1.54) is 5.69 Å². The lowest BCUT2D eigenvalue weighted by molar-refractivity contribution is 0.194. The predicted molar refractivity (Wildman–Crippen MR) is 76.3 cm³/mol. The van der Waals surface area contributed by atoms with Crippen LogP contribution in [0.1, 0.15) is 12.7 Å². The van der Waals surface area contributed by atoms with Crippen LogP contribution >= 0.6 is 0 Å². The summed E-state index contributed by atoms with van der Waals surface area (Å²) in [4.78, 5) is 6.97. The maximum atomic E-state index is 4.51. The van der Waals surface area contributed by atoms with Crippen molar-refractivity contribution >= 4 is 0 Å². The highest BCUT2D eigenvalue weighted by atomic mass is 15.2. The molecule has 1 atom stereocenters. The standard InChI is InChI=1S/C15H20N4/c1-13-11-18(9-7-16-13)12-15-17-8-10-19(15)14-5-3-2-4-6-14/h2-6,8,10,13,16H,7,9,11-12H2,1H3/t13-/m1/s1. The molecule has 4 heteroatoms. The molecule has 3 rings (SSSR count). The zero-order valence-corrected chi connectivity index (χ0v) is 11.3. The Labute approximate surface area is 114 Å². The van der Waals surface area contributed by atoms with Gasteiger partial charge in [0, 0.05) is 43.8 Å². The lowest BCUT2D eigenvalue weighted by atomic mass is 10.2. The van der Waals surface area contributed by atoms with Crippen LogP contribution in [-0.2, 0) is 6.54 Å². The first-order chi connectivity index (χ1) is 9.33. The van der Waals surface area contributed by atoms with Gasteiger partial charge in [0.25, 0.3) is 0 Å². The maximum Gasteiger partial charge on any atom is 0.127 e. The minimum Gasteiger partial charge on any atom is -0.312 e. The van der Waals surface area contributed by atoms with Crippen molar-refractivity contribution in [3.05, 3.63) is 48.5 Å². The van der Waals surface area contributed by atoms with Gasteiger partial charge < -0.3 is 9.88 Å². The van der Waals surface area contributed by atoms with Gasteiger partial charge in [0.15, 0.2) is 0 Å². The molecule has 4 nitrogen and oxygen atoms in total. The summed E-state index contributed by atoms with van der Waals surface area (Å²) in [7, 11) is 0. The fourth-order valence-electron chi connectivity index (χ4n) is 2.63. The van der Waals surface area contributed by atoms with Crippen molar-refractivity contribution in [2.75, 3.05) is 19.6 Å². The SMILES string of the molecule is C[C@@H]1CN(Cc2nccn2-c2ccccc2)CCN1. The van der Waals surface area contributed by atoms with Gasteiger partial charge in [-0.25, -0.2) is 4.98 Å². The minimum absolute atomic E-state index is 0.564. The zero-order valence-electron chi connectivity index (χ0n) is 11.3. The molecule has 2 heterocycles. The molecule has 1 aromatic carbocycles. The highest BCUT2D eigenvalue weighted by molar-refractivity contribution is 5.32. The molecular weight excluding hydrogens is 236 g/mol. The molecule has 0 spiro atoms. The lowest BCUT2D eigenvalue weighted by Gasteiger charge is -2.31. The Kier molecular flexibility index (Phi) is 3.62. The van der Waals surface area contributed by atoms with Crippen LogP contribution in [0.15, 0.2) is 42.7 Å². The Hall–Kier alpha value is -1.65. The molecule has 0 saturated carbocycles. The Morgan fingerprint density at radius 3 is 2.95 bits per heavy atom. The van der Waals surface area contributed by atoms with E-state index in [0.29, 0.717) is 6.04 Å². The number of para-hydroxylation sites is 1. The number of hydrogen-bond acceptors (Lipinski definition) is 3. The summed E-state index contributed by atoms with van der Waals surface area (Å²) in [6.07, 6.45) is 3.92. The highest BCUT2D eigenvalue weighted by Gasteiger charge is 2.17. The molecule has 1 aliphatic heterocycles. The fraction of sp³-hybridized carbons (Fsp3) is 0.400. The molecule has 2 aromatic rings. The average Bonchev–Trinajstić information content (AvgIpc) is 2.88. The highest BCUT2D eigenvalue weighted by Crippen LogP contribution is 2.12. The van der Waals surface area contributed by atoms with Gasteiger partial charge >= 0.3 is 0 Å². The quantitative estimate of drug-likeness (QED) is 0.907. The van der Waals surface area contributed by atoms with Crippen LogP contribution in [0.5, 0.6) is 0 Å². The van der Waals surface area contributed by atoms with Crippen LogP contribution in [0, 0.1) is 0 Å². The van der Waals surface area contributed by atoms with Gasteiger partial charge in [-0.05, 0) is 19.1 Å². The smallest absolute Gasteiger partial charge is 0.127 e. The number of rotatable bonds is 3. The Bertz CT molecular complexity index is 520. The summed E-state index contributed by atoms with van der Waals surface area (Å²) < 4.78 is 2.17. The maximum absolute atomic E-state index is 4.51. The second-order valence-corrected chi connectivity index (χ2v) is 5.14. The van der Waals surface area contributed by atoms with Crippen LogP contribution in [0.25, 0.3) is 5.69 Å². The van der Waals surface area contributed by atoms with E-state index >= 15 is 0 Å². The van der Waals surface area contributed by atoms with Gasteiger partial charge in [-0.15, -0.1) is 0 Å². The molecular formula is C15H20N4. The van der Waals surface area contributed by atoms with E-state index in [-0.39, 0.29) is 0 Å². The van der Waals surface area contributed by atoms with E-state index in [1.807, 2.05) is 18.5 Å². The second kappa shape index (κ2) is 5.55. The van der Waals surface area contributed by atoms with Crippen molar-refractivity contribution in [1.29, 1.82) is 0 Å². The molecule has 1 aliphatic rings. The topological polar surface area (TPSA) is 33.1 Å². The molecule has 0 radical (unpaired) electrons.